The largest absolute Gasteiger partial charge is 0.469 e. The first kappa shape index (κ1) is 17.2. The fourth-order valence-electron chi connectivity index (χ4n) is 3.75. The summed E-state index contributed by atoms with van der Waals surface area (Å²) >= 11 is 2.01. The van der Waals surface area contributed by atoms with Gasteiger partial charge in [-0.1, -0.05) is 6.42 Å². The Hall–Kier alpha value is -1.67. The lowest BCUT2D eigenvalue weighted by Crippen LogP contribution is -2.36. The van der Waals surface area contributed by atoms with Crippen LogP contribution in [-0.4, -0.2) is 36.7 Å². The number of hydrogen-bond acceptors (Lipinski definition) is 5. The number of carbonyl (C=O) groups excluding carboxylic acids is 1. The molecule has 2 atom stereocenters. The van der Waals surface area contributed by atoms with Gasteiger partial charge in [0.05, 0.1) is 24.7 Å². The highest BCUT2D eigenvalue weighted by Gasteiger charge is 2.36. The summed E-state index contributed by atoms with van der Waals surface area (Å²) in [5.74, 6) is 0.0663. The van der Waals surface area contributed by atoms with Crippen molar-refractivity contribution in [1.29, 1.82) is 5.26 Å². The molecule has 1 heterocycles. The summed E-state index contributed by atoms with van der Waals surface area (Å²) in [5.41, 5.74) is 1.91. The Labute approximate surface area is 148 Å². The van der Waals surface area contributed by atoms with Crippen LogP contribution in [0.15, 0.2) is 24.3 Å². The van der Waals surface area contributed by atoms with Crippen molar-refractivity contribution in [1.82, 2.24) is 0 Å². The molecule has 0 bridgehead atoms. The Kier molecular flexibility index (Phi) is 5.68. The van der Waals surface area contributed by atoms with Crippen LogP contribution in [0.5, 0.6) is 0 Å². The van der Waals surface area contributed by atoms with Crippen LogP contribution in [0.3, 0.4) is 0 Å². The molecule has 1 aliphatic heterocycles. The van der Waals surface area contributed by atoms with Crippen molar-refractivity contribution in [2.45, 2.75) is 42.6 Å². The predicted molar refractivity (Wildman–Crippen MR) is 97.1 cm³/mol. The van der Waals surface area contributed by atoms with Gasteiger partial charge in [-0.2, -0.15) is 17.0 Å². The Morgan fingerprint density at radius 1 is 1.21 bits per heavy atom. The molecule has 2 fully saturated rings. The summed E-state index contributed by atoms with van der Waals surface area (Å²) in [6, 6.07) is 10.0. The molecule has 2 unspecified atom stereocenters. The number of anilines is 1. The van der Waals surface area contributed by atoms with E-state index in [9.17, 15) is 4.79 Å². The number of carbonyl (C=O) groups is 1. The van der Waals surface area contributed by atoms with Crippen LogP contribution in [0.4, 0.5) is 5.69 Å². The van der Waals surface area contributed by atoms with Crippen molar-refractivity contribution >= 4 is 23.4 Å². The standard InChI is InChI=1S/C19H24N2O2S/c1-23-19(22)17-3-2-4-18(17)24-16-9-11-21(12-10-16)15-7-5-14(13-20)6-8-15/h5-8,16-18H,2-4,9-12H2,1H3. The van der Waals surface area contributed by atoms with Gasteiger partial charge in [-0.05, 0) is 49.9 Å². The van der Waals surface area contributed by atoms with E-state index in [-0.39, 0.29) is 11.9 Å². The average molecular weight is 344 g/mol. The second-order valence-corrected chi connectivity index (χ2v) is 8.12. The zero-order valence-corrected chi connectivity index (χ0v) is 14.9. The summed E-state index contributed by atoms with van der Waals surface area (Å²) in [6.45, 7) is 2.08. The van der Waals surface area contributed by atoms with Crippen LogP contribution < -0.4 is 4.90 Å². The number of benzene rings is 1. The van der Waals surface area contributed by atoms with E-state index in [1.807, 2.05) is 36.0 Å². The lowest BCUT2D eigenvalue weighted by molar-refractivity contribution is -0.144. The molecule has 1 aliphatic carbocycles. The third kappa shape index (κ3) is 3.87. The third-order valence-corrected chi connectivity index (χ3v) is 6.90. The summed E-state index contributed by atoms with van der Waals surface area (Å²) in [6.07, 6.45) is 5.56. The Balaban J connectivity index is 1.51. The van der Waals surface area contributed by atoms with Crippen molar-refractivity contribution < 1.29 is 9.53 Å². The van der Waals surface area contributed by atoms with E-state index < -0.39 is 0 Å². The van der Waals surface area contributed by atoms with E-state index >= 15 is 0 Å². The molecule has 1 saturated heterocycles. The first-order valence-corrected chi connectivity index (χ1v) is 9.64. The topological polar surface area (TPSA) is 53.3 Å². The van der Waals surface area contributed by atoms with E-state index in [1.165, 1.54) is 12.8 Å². The highest BCUT2D eigenvalue weighted by atomic mass is 32.2. The maximum absolute atomic E-state index is 11.9. The van der Waals surface area contributed by atoms with Crippen LogP contribution >= 0.6 is 11.8 Å². The Bertz CT molecular complexity index is 603. The van der Waals surface area contributed by atoms with E-state index in [4.69, 9.17) is 10.00 Å². The molecule has 4 nitrogen and oxygen atoms in total. The fraction of sp³-hybridized carbons (Fsp3) is 0.579. The number of ether oxygens (including phenoxy) is 1. The molecule has 0 amide bonds. The van der Waals surface area contributed by atoms with Gasteiger partial charge in [-0.3, -0.25) is 4.79 Å². The molecule has 0 N–H and O–H groups in total. The van der Waals surface area contributed by atoms with Crippen molar-refractivity contribution in [2.24, 2.45) is 5.92 Å². The number of piperidine rings is 1. The first-order valence-electron chi connectivity index (χ1n) is 8.69. The molecular weight excluding hydrogens is 320 g/mol. The average Bonchev–Trinajstić information content (AvgIpc) is 3.10. The summed E-state index contributed by atoms with van der Waals surface area (Å²) in [5, 5.41) is 9.96. The fourth-order valence-corrected chi connectivity index (χ4v) is 5.47. The van der Waals surface area contributed by atoms with E-state index in [0.29, 0.717) is 16.1 Å². The SMILES string of the molecule is COC(=O)C1CCCC1SC1CCN(c2ccc(C#N)cc2)CC1. The molecule has 2 aliphatic rings. The molecule has 0 aromatic heterocycles. The number of rotatable bonds is 4. The lowest BCUT2D eigenvalue weighted by Gasteiger charge is -2.35. The molecular formula is C19H24N2O2S. The number of hydrogen-bond donors (Lipinski definition) is 0. The second-order valence-electron chi connectivity index (χ2n) is 6.58. The second kappa shape index (κ2) is 7.94. The minimum absolute atomic E-state index is 0.0278. The number of methoxy groups -OCH3 is 1. The molecule has 3 rings (SSSR count). The monoisotopic (exact) mass is 344 g/mol. The van der Waals surface area contributed by atoms with Gasteiger partial charge in [-0.25, -0.2) is 0 Å². The molecule has 1 aromatic carbocycles. The smallest absolute Gasteiger partial charge is 0.309 e. The highest BCUT2D eigenvalue weighted by molar-refractivity contribution is 8.00. The minimum Gasteiger partial charge on any atom is -0.469 e. The number of nitrogens with zero attached hydrogens (tertiary/aromatic N) is 2. The van der Waals surface area contributed by atoms with Gasteiger partial charge >= 0.3 is 5.97 Å². The maximum Gasteiger partial charge on any atom is 0.309 e. The number of nitriles is 1. The first-order chi connectivity index (χ1) is 11.7. The van der Waals surface area contributed by atoms with Crippen molar-refractivity contribution in [3.8, 4) is 6.07 Å². The van der Waals surface area contributed by atoms with Gasteiger partial charge < -0.3 is 9.64 Å². The zero-order chi connectivity index (χ0) is 16.9. The van der Waals surface area contributed by atoms with Crippen LogP contribution in [0, 0.1) is 17.2 Å². The predicted octanol–water partition coefficient (Wildman–Crippen LogP) is 3.60. The van der Waals surface area contributed by atoms with Crippen molar-refractivity contribution in [3.63, 3.8) is 0 Å². The molecule has 128 valence electrons. The molecule has 1 saturated carbocycles. The van der Waals surface area contributed by atoms with Crippen LogP contribution in [0.2, 0.25) is 0 Å². The van der Waals surface area contributed by atoms with Crippen LogP contribution in [0.1, 0.15) is 37.7 Å². The summed E-state index contributed by atoms with van der Waals surface area (Å²) in [4.78, 5) is 14.3. The van der Waals surface area contributed by atoms with E-state index in [1.54, 1.807) is 0 Å². The summed E-state index contributed by atoms with van der Waals surface area (Å²) in [7, 11) is 1.50. The van der Waals surface area contributed by atoms with Crippen molar-refractivity contribution in [3.05, 3.63) is 29.8 Å². The normalized spacial score (nSPS) is 24.6. The van der Waals surface area contributed by atoms with Gasteiger partial charge in [0.25, 0.3) is 0 Å². The van der Waals surface area contributed by atoms with Gasteiger partial charge in [-0.15, -0.1) is 0 Å². The summed E-state index contributed by atoms with van der Waals surface area (Å²) < 4.78 is 4.96. The minimum atomic E-state index is -0.0278. The van der Waals surface area contributed by atoms with Crippen molar-refractivity contribution in [2.75, 3.05) is 25.1 Å². The maximum atomic E-state index is 11.9. The number of esters is 1. The van der Waals surface area contributed by atoms with Crippen LogP contribution in [-0.2, 0) is 9.53 Å². The Morgan fingerprint density at radius 2 is 1.92 bits per heavy atom. The van der Waals surface area contributed by atoms with Gasteiger partial charge in [0.15, 0.2) is 0 Å². The molecule has 5 heteroatoms. The van der Waals surface area contributed by atoms with Gasteiger partial charge in [0, 0.05) is 29.3 Å². The van der Waals surface area contributed by atoms with Gasteiger partial charge in [0.1, 0.15) is 0 Å². The molecule has 1 aromatic rings. The van der Waals surface area contributed by atoms with E-state index in [2.05, 4.69) is 11.0 Å². The Morgan fingerprint density at radius 3 is 2.54 bits per heavy atom. The zero-order valence-electron chi connectivity index (χ0n) is 14.1. The quantitative estimate of drug-likeness (QED) is 0.781. The molecule has 0 radical (unpaired) electrons. The molecule has 24 heavy (non-hydrogen) atoms. The highest BCUT2D eigenvalue weighted by Crippen LogP contribution is 2.40. The third-order valence-electron chi connectivity index (χ3n) is 5.13. The lowest BCUT2D eigenvalue weighted by atomic mass is 10.1. The van der Waals surface area contributed by atoms with E-state index in [0.717, 1.165) is 45.2 Å². The van der Waals surface area contributed by atoms with Gasteiger partial charge in [0.2, 0.25) is 0 Å². The number of thioether (sulfide) groups is 1. The van der Waals surface area contributed by atoms with Crippen LogP contribution in [0.25, 0.3) is 0 Å². The molecule has 0 spiro atoms.